The Morgan fingerprint density at radius 1 is 1.07 bits per heavy atom. The molecule has 1 saturated heterocycles. The number of hydrogen-bond acceptors (Lipinski definition) is 7. The minimum atomic E-state index is 0.138. The molecule has 3 heterocycles. The largest absolute Gasteiger partial charge is 0.396 e. The summed E-state index contributed by atoms with van der Waals surface area (Å²) in [5.74, 6) is 0.696. The van der Waals surface area contributed by atoms with Crippen molar-refractivity contribution >= 4 is 22.5 Å². The van der Waals surface area contributed by atoms with Crippen molar-refractivity contribution in [2.75, 3.05) is 49.7 Å². The zero-order chi connectivity index (χ0) is 18.5. The number of fused-ring (bicyclic) bond motifs is 1. The Kier molecular flexibility index (Phi) is 5.41. The molecule has 2 aromatic heterocycles. The van der Waals surface area contributed by atoms with Crippen LogP contribution in [-0.2, 0) is 4.74 Å². The van der Waals surface area contributed by atoms with Crippen LogP contribution in [0, 0.1) is 0 Å². The van der Waals surface area contributed by atoms with Crippen LogP contribution in [0.5, 0.6) is 0 Å². The van der Waals surface area contributed by atoms with Gasteiger partial charge in [0.15, 0.2) is 5.82 Å². The Hall–Kier alpha value is -2.77. The normalized spacial score (nSPS) is 14.5. The predicted molar refractivity (Wildman–Crippen MR) is 106 cm³/mol. The summed E-state index contributed by atoms with van der Waals surface area (Å²) < 4.78 is 5.42. The van der Waals surface area contributed by atoms with Gasteiger partial charge in [0.1, 0.15) is 5.52 Å². The van der Waals surface area contributed by atoms with Crippen LogP contribution in [0.2, 0.25) is 0 Å². The number of benzene rings is 1. The van der Waals surface area contributed by atoms with E-state index in [4.69, 9.17) is 14.8 Å². The van der Waals surface area contributed by atoms with Gasteiger partial charge in [0.25, 0.3) is 0 Å². The number of nitrogens with zero attached hydrogens (tertiary/aromatic N) is 4. The van der Waals surface area contributed by atoms with E-state index in [0.717, 1.165) is 48.6 Å². The second-order valence-corrected chi connectivity index (χ2v) is 6.43. The van der Waals surface area contributed by atoms with E-state index in [1.54, 1.807) is 12.4 Å². The van der Waals surface area contributed by atoms with Crippen molar-refractivity contribution in [1.29, 1.82) is 0 Å². The molecule has 3 aromatic rings. The third-order valence-electron chi connectivity index (χ3n) is 4.62. The molecule has 2 N–H and O–H groups in total. The summed E-state index contributed by atoms with van der Waals surface area (Å²) in [7, 11) is 0. The lowest BCUT2D eigenvalue weighted by atomic mass is 10.1. The fourth-order valence-electron chi connectivity index (χ4n) is 3.19. The molecule has 140 valence electrons. The number of aliphatic hydroxyl groups is 1. The van der Waals surface area contributed by atoms with Crippen molar-refractivity contribution in [3.8, 4) is 11.3 Å². The molecule has 0 atom stereocenters. The van der Waals surface area contributed by atoms with Crippen molar-refractivity contribution in [2.45, 2.75) is 6.42 Å². The first-order chi connectivity index (χ1) is 13.3. The number of aliphatic hydroxyl groups excluding tert-OH is 1. The topological polar surface area (TPSA) is 83.4 Å². The smallest absolute Gasteiger partial charge is 0.154 e. The summed E-state index contributed by atoms with van der Waals surface area (Å²) in [6.45, 7) is 4.16. The second-order valence-electron chi connectivity index (χ2n) is 6.43. The molecule has 1 aromatic carbocycles. The first-order valence-corrected chi connectivity index (χ1v) is 9.25. The number of hydrogen-bond donors (Lipinski definition) is 2. The Morgan fingerprint density at radius 3 is 2.63 bits per heavy atom. The van der Waals surface area contributed by atoms with Gasteiger partial charge in [-0.25, -0.2) is 9.97 Å². The quantitative estimate of drug-likeness (QED) is 0.649. The summed E-state index contributed by atoms with van der Waals surface area (Å²) >= 11 is 0. The Morgan fingerprint density at radius 2 is 1.85 bits per heavy atom. The molecule has 0 saturated carbocycles. The molecule has 0 bridgehead atoms. The molecule has 27 heavy (non-hydrogen) atoms. The molecule has 0 unspecified atom stereocenters. The first-order valence-electron chi connectivity index (χ1n) is 9.25. The van der Waals surface area contributed by atoms with Crippen molar-refractivity contribution in [2.24, 2.45) is 0 Å². The Bertz CT molecular complexity index is 895. The van der Waals surface area contributed by atoms with Crippen LogP contribution in [0.15, 0.2) is 42.7 Å². The molecular formula is C20H23N5O2. The first kappa shape index (κ1) is 17.6. The van der Waals surface area contributed by atoms with E-state index < -0.39 is 0 Å². The maximum Gasteiger partial charge on any atom is 0.154 e. The molecule has 1 aliphatic heterocycles. The van der Waals surface area contributed by atoms with Crippen LogP contribution in [-0.4, -0.2) is 59.5 Å². The van der Waals surface area contributed by atoms with Gasteiger partial charge in [-0.15, -0.1) is 0 Å². The minimum absolute atomic E-state index is 0.138. The summed E-state index contributed by atoms with van der Waals surface area (Å²) in [5.41, 5.74) is 4.62. The van der Waals surface area contributed by atoms with Crippen LogP contribution in [0.25, 0.3) is 22.3 Å². The van der Waals surface area contributed by atoms with Gasteiger partial charge in [-0.05, 0) is 24.6 Å². The number of rotatable bonds is 6. The molecule has 4 rings (SSSR count). The second kappa shape index (κ2) is 8.28. The zero-order valence-electron chi connectivity index (χ0n) is 15.1. The fourth-order valence-corrected chi connectivity index (χ4v) is 3.19. The standard InChI is InChI=1S/C20H23N5O2/c26-11-1-6-23-20-19-18(21-7-8-22-19)14-17(24-20)15-2-4-16(5-3-15)25-9-12-27-13-10-25/h2-5,7-8,14,26H,1,6,9-13H2,(H,23,24). The third kappa shape index (κ3) is 3.99. The lowest BCUT2D eigenvalue weighted by Crippen LogP contribution is -2.36. The highest BCUT2D eigenvalue weighted by Crippen LogP contribution is 2.27. The van der Waals surface area contributed by atoms with Crippen molar-refractivity contribution in [3.63, 3.8) is 0 Å². The number of nitrogens with one attached hydrogen (secondary N) is 1. The maximum atomic E-state index is 9.02. The molecule has 0 radical (unpaired) electrons. The van der Waals surface area contributed by atoms with Gasteiger partial charge in [-0.3, -0.25) is 4.98 Å². The van der Waals surface area contributed by atoms with Crippen molar-refractivity contribution in [3.05, 3.63) is 42.7 Å². The number of morpholine rings is 1. The number of ether oxygens (including phenoxy) is 1. The highest BCUT2D eigenvalue weighted by Gasteiger charge is 2.13. The Balaban J connectivity index is 1.64. The molecule has 0 spiro atoms. The molecule has 0 amide bonds. The van der Waals surface area contributed by atoms with E-state index in [0.29, 0.717) is 18.8 Å². The average molecular weight is 365 g/mol. The molecule has 7 heteroatoms. The fraction of sp³-hybridized carbons (Fsp3) is 0.350. The highest BCUT2D eigenvalue weighted by molar-refractivity contribution is 5.88. The van der Waals surface area contributed by atoms with E-state index >= 15 is 0 Å². The summed E-state index contributed by atoms with van der Waals surface area (Å²) in [6, 6.07) is 10.4. The van der Waals surface area contributed by atoms with E-state index in [9.17, 15) is 0 Å². The molecule has 1 fully saturated rings. The van der Waals surface area contributed by atoms with E-state index in [1.165, 1.54) is 5.69 Å². The van der Waals surface area contributed by atoms with Gasteiger partial charge in [-0.2, -0.15) is 0 Å². The van der Waals surface area contributed by atoms with Gasteiger partial charge < -0.3 is 20.1 Å². The van der Waals surface area contributed by atoms with Gasteiger partial charge in [0.2, 0.25) is 0 Å². The van der Waals surface area contributed by atoms with Crippen LogP contribution < -0.4 is 10.2 Å². The maximum absolute atomic E-state index is 9.02. The minimum Gasteiger partial charge on any atom is -0.396 e. The molecule has 0 aliphatic carbocycles. The van der Waals surface area contributed by atoms with Crippen LogP contribution in [0.1, 0.15) is 6.42 Å². The molecule has 1 aliphatic rings. The monoisotopic (exact) mass is 365 g/mol. The van der Waals surface area contributed by atoms with Crippen LogP contribution >= 0.6 is 0 Å². The number of aromatic nitrogens is 3. The van der Waals surface area contributed by atoms with Gasteiger partial charge in [0.05, 0.1) is 24.4 Å². The zero-order valence-corrected chi connectivity index (χ0v) is 15.1. The summed E-state index contributed by atoms with van der Waals surface area (Å²) in [4.78, 5) is 15.9. The van der Waals surface area contributed by atoms with Crippen LogP contribution in [0.4, 0.5) is 11.5 Å². The van der Waals surface area contributed by atoms with Crippen LogP contribution in [0.3, 0.4) is 0 Å². The summed E-state index contributed by atoms with van der Waals surface area (Å²) in [5, 5.41) is 12.3. The SMILES string of the molecule is OCCCNc1nc(-c2ccc(N3CCOCC3)cc2)cc2nccnc12. The van der Waals surface area contributed by atoms with E-state index in [-0.39, 0.29) is 6.61 Å². The Labute approximate surface area is 158 Å². The number of anilines is 2. The predicted octanol–water partition coefficient (Wildman–Crippen LogP) is 2.32. The van der Waals surface area contributed by atoms with E-state index in [2.05, 4.69) is 44.5 Å². The molecule has 7 nitrogen and oxygen atoms in total. The lowest BCUT2D eigenvalue weighted by molar-refractivity contribution is 0.122. The van der Waals surface area contributed by atoms with Crippen molar-refractivity contribution in [1.82, 2.24) is 15.0 Å². The van der Waals surface area contributed by atoms with Gasteiger partial charge in [-0.1, -0.05) is 12.1 Å². The average Bonchev–Trinajstić information content (AvgIpc) is 2.74. The van der Waals surface area contributed by atoms with Gasteiger partial charge in [0, 0.05) is 49.9 Å². The highest BCUT2D eigenvalue weighted by atomic mass is 16.5. The van der Waals surface area contributed by atoms with E-state index in [1.807, 2.05) is 6.07 Å². The summed E-state index contributed by atoms with van der Waals surface area (Å²) in [6.07, 6.45) is 4.01. The number of pyridine rings is 1. The third-order valence-corrected chi connectivity index (χ3v) is 4.62. The lowest BCUT2D eigenvalue weighted by Gasteiger charge is -2.28. The van der Waals surface area contributed by atoms with Gasteiger partial charge >= 0.3 is 0 Å². The van der Waals surface area contributed by atoms with Crippen molar-refractivity contribution < 1.29 is 9.84 Å². The molecular weight excluding hydrogens is 342 g/mol.